The van der Waals surface area contributed by atoms with Crippen molar-refractivity contribution < 1.29 is 33.7 Å². The van der Waals surface area contributed by atoms with Crippen LogP contribution in [-0.4, -0.2) is 46.5 Å². The van der Waals surface area contributed by atoms with Gasteiger partial charge in [0.25, 0.3) is 0 Å². The molecule has 0 aliphatic rings. The van der Waals surface area contributed by atoms with E-state index in [1.54, 1.807) is 20.8 Å². The average molecular weight is 522 g/mol. The van der Waals surface area contributed by atoms with Crippen molar-refractivity contribution in [3.8, 4) is 5.75 Å². The van der Waals surface area contributed by atoms with E-state index in [9.17, 15) is 19.5 Å². The first-order valence-corrected chi connectivity index (χ1v) is 12.0. The Balaban J connectivity index is 1.67. The first-order chi connectivity index (χ1) is 18.1. The van der Waals surface area contributed by atoms with E-state index in [0.717, 1.165) is 11.1 Å². The number of carboxylic acids is 1. The number of rotatable bonds is 10. The maximum Gasteiger partial charge on any atom is 0.413 e. The summed E-state index contributed by atoms with van der Waals surface area (Å²) in [7, 11) is 0. The van der Waals surface area contributed by atoms with Crippen molar-refractivity contribution in [2.75, 3.05) is 11.9 Å². The molecule has 0 saturated carbocycles. The summed E-state index contributed by atoms with van der Waals surface area (Å²) >= 11 is 0. The van der Waals surface area contributed by atoms with Crippen molar-refractivity contribution >= 4 is 24.0 Å². The number of ether oxygens (including phenoxy) is 3. The van der Waals surface area contributed by atoms with E-state index >= 15 is 0 Å². The van der Waals surface area contributed by atoms with Gasteiger partial charge >= 0.3 is 18.2 Å². The molecule has 38 heavy (non-hydrogen) atoms. The predicted octanol–water partition coefficient (Wildman–Crippen LogP) is 5.04. The smallest absolute Gasteiger partial charge is 0.413 e. The fourth-order valence-corrected chi connectivity index (χ4v) is 3.36. The fourth-order valence-electron chi connectivity index (χ4n) is 3.36. The van der Waals surface area contributed by atoms with E-state index < -0.39 is 35.5 Å². The monoisotopic (exact) mass is 521 g/mol. The highest BCUT2D eigenvalue weighted by Crippen LogP contribution is 2.20. The second-order valence-electron chi connectivity index (χ2n) is 9.38. The number of aromatic carboxylic acids is 1. The van der Waals surface area contributed by atoms with Crippen LogP contribution >= 0.6 is 0 Å². The Morgan fingerprint density at radius 3 is 2.13 bits per heavy atom. The first-order valence-electron chi connectivity index (χ1n) is 12.0. The Morgan fingerprint density at radius 1 is 0.895 bits per heavy atom. The lowest BCUT2D eigenvalue weighted by Crippen LogP contribution is -2.43. The van der Waals surface area contributed by atoms with Gasteiger partial charge in [0.05, 0.1) is 6.04 Å². The number of nitrogens with zero attached hydrogens (tertiary/aromatic N) is 1. The number of nitrogens with one attached hydrogen (secondary N) is 2. The van der Waals surface area contributed by atoms with Gasteiger partial charge in [-0.3, -0.25) is 5.32 Å². The number of carboxylic acid groups (broad SMARTS) is 1. The number of carbonyl (C=O) groups is 3. The van der Waals surface area contributed by atoms with E-state index in [4.69, 9.17) is 14.2 Å². The SMILES string of the molecule is CC(C)(C)OC(=O)NC(COc1ccc(NC(=O)OCc2ccccc2)nc1C(=O)O)Cc1ccccc1. The molecule has 1 heterocycles. The number of hydrogen-bond acceptors (Lipinski definition) is 7. The van der Waals surface area contributed by atoms with Crippen molar-refractivity contribution in [2.24, 2.45) is 0 Å². The molecule has 0 spiro atoms. The molecule has 0 saturated heterocycles. The first kappa shape index (κ1) is 28.0. The van der Waals surface area contributed by atoms with Gasteiger partial charge in [0, 0.05) is 0 Å². The quantitative estimate of drug-likeness (QED) is 0.337. The summed E-state index contributed by atoms with van der Waals surface area (Å²) in [6.07, 6.45) is -0.981. The zero-order valence-corrected chi connectivity index (χ0v) is 21.5. The molecule has 0 bridgehead atoms. The van der Waals surface area contributed by atoms with Crippen LogP contribution < -0.4 is 15.4 Å². The zero-order chi connectivity index (χ0) is 27.5. The van der Waals surface area contributed by atoms with Crippen molar-refractivity contribution in [3.05, 3.63) is 89.6 Å². The summed E-state index contributed by atoms with van der Waals surface area (Å²) in [6, 6.07) is 20.8. The zero-order valence-electron chi connectivity index (χ0n) is 21.5. The normalized spacial score (nSPS) is 11.7. The molecule has 1 unspecified atom stereocenters. The molecule has 0 radical (unpaired) electrons. The van der Waals surface area contributed by atoms with E-state index in [-0.39, 0.29) is 24.8 Å². The van der Waals surface area contributed by atoms with Gasteiger partial charge in [0.2, 0.25) is 0 Å². The summed E-state index contributed by atoms with van der Waals surface area (Å²) in [5, 5.41) is 14.9. The maximum atomic E-state index is 12.4. The molecule has 3 N–H and O–H groups in total. The largest absolute Gasteiger partial charge is 0.489 e. The number of amides is 2. The van der Waals surface area contributed by atoms with Gasteiger partial charge in [-0.15, -0.1) is 0 Å². The molecule has 1 atom stereocenters. The van der Waals surface area contributed by atoms with Crippen LogP contribution in [-0.2, 0) is 22.5 Å². The van der Waals surface area contributed by atoms with Crippen LogP contribution in [0.3, 0.4) is 0 Å². The molecule has 10 nitrogen and oxygen atoms in total. The number of carbonyl (C=O) groups excluding carboxylic acids is 2. The number of pyridine rings is 1. The Kier molecular flexibility index (Phi) is 9.64. The van der Waals surface area contributed by atoms with Crippen LogP contribution in [0.15, 0.2) is 72.8 Å². The molecule has 0 fully saturated rings. The minimum atomic E-state index is -1.35. The maximum absolute atomic E-state index is 12.4. The van der Waals surface area contributed by atoms with Gasteiger partial charge < -0.3 is 24.6 Å². The molecule has 2 aromatic carbocycles. The fraction of sp³-hybridized carbons (Fsp3) is 0.286. The van der Waals surface area contributed by atoms with Crippen LogP contribution in [0, 0.1) is 0 Å². The van der Waals surface area contributed by atoms with Gasteiger partial charge in [0.15, 0.2) is 11.4 Å². The summed E-state index contributed by atoms with van der Waals surface area (Å²) in [5.74, 6) is -1.38. The number of alkyl carbamates (subject to hydrolysis) is 1. The molecule has 10 heteroatoms. The van der Waals surface area contributed by atoms with Gasteiger partial charge in [-0.2, -0.15) is 0 Å². The summed E-state index contributed by atoms with van der Waals surface area (Å²) < 4.78 is 16.3. The number of benzene rings is 2. The van der Waals surface area contributed by atoms with Crippen molar-refractivity contribution in [1.29, 1.82) is 0 Å². The highest BCUT2D eigenvalue weighted by Gasteiger charge is 2.22. The van der Waals surface area contributed by atoms with Crippen LogP contribution in [0.1, 0.15) is 42.4 Å². The van der Waals surface area contributed by atoms with E-state index in [0.29, 0.717) is 6.42 Å². The third kappa shape index (κ3) is 9.45. The lowest BCUT2D eigenvalue weighted by molar-refractivity contribution is 0.0485. The Morgan fingerprint density at radius 2 is 1.53 bits per heavy atom. The standard InChI is InChI=1S/C28H31N3O7/c1-28(2,3)38-27(35)29-21(16-19-10-6-4-7-11-19)18-36-22-14-15-23(30-24(22)25(32)33)31-26(34)37-17-20-12-8-5-9-13-20/h4-15,21H,16-18H2,1-3H3,(H,29,35)(H,32,33)(H,30,31,34). The molecule has 0 aliphatic carbocycles. The lowest BCUT2D eigenvalue weighted by atomic mass is 10.1. The van der Waals surface area contributed by atoms with Crippen LogP contribution in [0.4, 0.5) is 15.4 Å². The molecule has 3 rings (SSSR count). The lowest BCUT2D eigenvalue weighted by Gasteiger charge is -2.24. The average Bonchev–Trinajstić information content (AvgIpc) is 2.86. The van der Waals surface area contributed by atoms with Crippen molar-refractivity contribution in [1.82, 2.24) is 10.3 Å². The molecule has 0 aliphatic heterocycles. The third-order valence-electron chi connectivity index (χ3n) is 4.99. The third-order valence-corrected chi connectivity index (χ3v) is 4.99. The molecular weight excluding hydrogens is 490 g/mol. The van der Waals surface area contributed by atoms with Crippen LogP contribution in [0.25, 0.3) is 0 Å². The van der Waals surface area contributed by atoms with Gasteiger partial charge in [-0.1, -0.05) is 60.7 Å². The minimum Gasteiger partial charge on any atom is -0.489 e. The van der Waals surface area contributed by atoms with Crippen molar-refractivity contribution in [2.45, 2.75) is 45.4 Å². The Bertz CT molecular complexity index is 1230. The molecule has 3 aromatic rings. The molecule has 200 valence electrons. The van der Waals surface area contributed by atoms with Gasteiger partial charge in [-0.05, 0) is 50.5 Å². The summed E-state index contributed by atoms with van der Waals surface area (Å²) in [4.78, 5) is 40.4. The summed E-state index contributed by atoms with van der Waals surface area (Å²) in [5.41, 5.74) is 0.660. The van der Waals surface area contributed by atoms with Gasteiger partial charge in [0.1, 0.15) is 24.6 Å². The topological polar surface area (TPSA) is 136 Å². The second kappa shape index (κ2) is 13.1. The molecule has 1 aromatic heterocycles. The summed E-state index contributed by atoms with van der Waals surface area (Å²) in [6.45, 7) is 5.27. The Labute approximate surface area is 220 Å². The van der Waals surface area contributed by atoms with Crippen molar-refractivity contribution in [3.63, 3.8) is 0 Å². The molecule has 2 amide bonds. The van der Waals surface area contributed by atoms with E-state index in [1.807, 2.05) is 60.7 Å². The highest BCUT2D eigenvalue weighted by molar-refractivity contribution is 5.90. The van der Waals surface area contributed by atoms with Crippen LogP contribution in [0.5, 0.6) is 5.75 Å². The van der Waals surface area contributed by atoms with Crippen LogP contribution in [0.2, 0.25) is 0 Å². The minimum absolute atomic E-state index is 0.0134. The Hall–Kier alpha value is -4.60. The highest BCUT2D eigenvalue weighted by atomic mass is 16.6. The predicted molar refractivity (Wildman–Crippen MR) is 140 cm³/mol. The van der Waals surface area contributed by atoms with Gasteiger partial charge in [-0.25, -0.2) is 19.4 Å². The number of aromatic nitrogens is 1. The number of hydrogen-bond donors (Lipinski definition) is 3. The molecular formula is C28H31N3O7. The number of anilines is 1. The second-order valence-corrected chi connectivity index (χ2v) is 9.38. The van der Waals surface area contributed by atoms with E-state index in [2.05, 4.69) is 15.6 Å². The van der Waals surface area contributed by atoms with E-state index in [1.165, 1.54) is 12.1 Å².